The Morgan fingerprint density at radius 2 is 2.00 bits per heavy atom. The zero-order valence-corrected chi connectivity index (χ0v) is 15.1. The van der Waals surface area contributed by atoms with Gasteiger partial charge in [-0.3, -0.25) is 9.69 Å². The van der Waals surface area contributed by atoms with E-state index in [0.717, 1.165) is 13.0 Å². The van der Waals surface area contributed by atoms with Crippen LogP contribution in [0.25, 0.3) is 0 Å². The molecule has 4 rings (SSSR count). The van der Waals surface area contributed by atoms with Crippen molar-refractivity contribution in [3.05, 3.63) is 74.4 Å². The average molecular weight is 372 g/mol. The van der Waals surface area contributed by atoms with E-state index in [1.165, 1.54) is 27.5 Å². The number of fused-ring (bicyclic) bond motifs is 1. The molecule has 0 aliphatic carbocycles. The molecule has 1 aliphatic heterocycles. The second-order valence-corrected chi connectivity index (χ2v) is 7.97. The zero-order valence-electron chi connectivity index (χ0n) is 13.4. The molecule has 1 amide bonds. The van der Waals surface area contributed by atoms with E-state index in [1.54, 1.807) is 34.8 Å². The van der Waals surface area contributed by atoms with E-state index in [1.807, 2.05) is 0 Å². The number of hydrogen-bond acceptors (Lipinski definition) is 4. The number of halogens is 1. The van der Waals surface area contributed by atoms with E-state index >= 15 is 0 Å². The van der Waals surface area contributed by atoms with E-state index in [-0.39, 0.29) is 17.8 Å². The summed E-state index contributed by atoms with van der Waals surface area (Å²) >= 11 is 3.52. The van der Waals surface area contributed by atoms with Gasteiger partial charge in [-0.15, -0.1) is 22.7 Å². The van der Waals surface area contributed by atoms with Crippen molar-refractivity contribution in [2.45, 2.75) is 12.5 Å². The Labute approximate surface area is 153 Å². The first kappa shape index (κ1) is 16.4. The normalized spacial score (nSPS) is 17.2. The van der Waals surface area contributed by atoms with Gasteiger partial charge in [-0.1, -0.05) is 6.07 Å². The molecule has 1 atom stereocenters. The lowest BCUT2D eigenvalue weighted by atomic mass is 9.98. The smallest absolute Gasteiger partial charge is 0.238 e. The summed E-state index contributed by atoms with van der Waals surface area (Å²) in [4.78, 5) is 17.4. The van der Waals surface area contributed by atoms with Crippen LogP contribution in [-0.4, -0.2) is 23.9 Å². The summed E-state index contributed by atoms with van der Waals surface area (Å²) in [5.74, 6) is -0.386. The Kier molecular flexibility index (Phi) is 4.65. The third-order valence-corrected chi connectivity index (χ3v) is 6.27. The number of hydrogen-bond donors (Lipinski definition) is 1. The van der Waals surface area contributed by atoms with Gasteiger partial charge < -0.3 is 5.32 Å². The highest BCUT2D eigenvalue weighted by Gasteiger charge is 2.31. The van der Waals surface area contributed by atoms with Crippen LogP contribution in [0.3, 0.4) is 0 Å². The molecular weight excluding hydrogens is 355 g/mol. The number of carbonyl (C=O) groups excluding carboxylic acids is 1. The van der Waals surface area contributed by atoms with Crippen LogP contribution in [0.2, 0.25) is 0 Å². The molecule has 0 saturated heterocycles. The van der Waals surface area contributed by atoms with Crippen molar-refractivity contribution >= 4 is 34.3 Å². The number of rotatable bonds is 4. The minimum Gasteiger partial charge on any atom is -0.325 e. The molecule has 1 aromatic carbocycles. The number of nitrogens with one attached hydrogen (secondary N) is 1. The molecule has 2 aromatic heterocycles. The molecule has 6 heteroatoms. The maximum atomic E-state index is 13.0. The maximum Gasteiger partial charge on any atom is 0.238 e. The van der Waals surface area contributed by atoms with Gasteiger partial charge in [-0.05, 0) is 59.1 Å². The van der Waals surface area contributed by atoms with Gasteiger partial charge in [0.25, 0.3) is 0 Å². The number of anilines is 1. The summed E-state index contributed by atoms with van der Waals surface area (Å²) in [7, 11) is 0. The van der Waals surface area contributed by atoms with Crippen molar-refractivity contribution in [1.29, 1.82) is 0 Å². The highest BCUT2D eigenvalue weighted by molar-refractivity contribution is 7.10. The van der Waals surface area contributed by atoms with Crippen LogP contribution in [0.1, 0.15) is 21.4 Å². The molecule has 3 nitrogen and oxygen atoms in total. The van der Waals surface area contributed by atoms with Gasteiger partial charge in [0, 0.05) is 22.0 Å². The fraction of sp³-hybridized carbons (Fsp3) is 0.211. The highest BCUT2D eigenvalue weighted by atomic mass is 32.1. The van der Waals surface area contributed by atoms with E-state index in [9.17, 15) is 9.18 Å². The number of nitrogens with zero attached hydrogens (tertiary/aromatic N) is 1. The van der Waals surface area contributed by atoms with Gasteiger partial charge in [0.2, 0.25) is 5.91 Å². The van der Waals surface area contributed by atoms with Gasteiger partial charge in [-0.25, -0.2) is 4.39 Å². The number of amides is 1. The van der Waals surface area contributed by atoms with Crippen LogP contribution >= 0.6 is 22.7 Å². The molecule has 1 N–H and O–H groups in total. The molecule has 0 fully saturated rings. The second-order valence-electron chi connectivity index (χ2n) is 5.99. The van der Waals surface area contributed by atoms with Crippen molar-refractivity contribution in [2.75, 3.05) is 18.4 Å². The number of thiophene rings is 2. The molecule has 0 unspecified atom stereocenters. The number of benzene rings is 1. The van der Waals surface area contributed by atoms with Crippen molar-refractivity contribution < 1.29 is 9.18 Å². The van der Waals surface area contributed by atoms with Crippen molar-refractivity contribution in [2.24, 2.45) is 0 Å². The Balaban J connectivity index is 1.52. The molecule has 1 aliphatic rings. The topological polar surface area (TPSA) is 32.3 Å². The molecule has 128 valence electrons. The minimum absolute atomic E-state index is 0.0770. The lowest BCUT2D eigenvalue weighted by Gasteiger charge is -2.34. The largest absolute Gasteiger partial charge is 0.325 e. The van der Waals surface area contributed by atoms with Crippen LogP contribution < -0.4 is 5.32 Å². The van der Waals surface area contributed by atoms with E-state index in [2.05, 4.69) is 39.2 Å². The third kappa shape index (κ3) is 3.51. The average Bonchev–Trinajstić information content (AvgIpc) is 3.28. The SMILES string of the molecule is O=C(CN1CCc2sccc2[C@H]1c1cccs1)Nc1ccc(F)cc1. The Bertz CT molecular complexity index is 858. The summed E-state index contributed by atoms with van der Waals surface area (Å²) in [6.45, 7) is 1.17. The molecule has 0 radical (unpaired) electrons. The van der Waals surface area contributed by atoms with Crippen LogP contribution in [-0.2, 0) is 11.2 Å². The Hall–Kier alpha value is -2.02. The lowest BCUT2D eigenvalue weighted by molar-refractivity contribution is -0.117. The Morgan fingerprint density at radius 3 is 2.76 bits per heavy atom. The van der Waals surface area contributed by atoms with Crippen LogP contribution in [0, 0.1) is 5.82 Å². The molecule has 3 aromatic rings. The summed E-state index contributed by atoms with van der Waals surface area (Å²) in [6, 6.07) is 12.4. The van der Waals surface area contributed by atoms with Gasteiger partial charge in [0.15, 0.2) is 0 Å². The molecule has 25 heavy (non-hydrogen) atoms. The van der Waals surface area contributed by atoms with Gasteiger partial charge in [0.05, 0.1) is 12.6 Å². The zero-order chi connectivity index (χ0) is 17.2. The molecular formula is C19H17FN2OS2. The van der Waals surface area contributed by atoms with Crippen molar-refractivity contribution in [3.8, 4) is 0 Å². The van der Waals surface area contributed by atoms with E-state index < -0.39 is 0 Å². The molecule has 0 saturated carbocycles. The van der Waals surface area contributed by atoms with Crippen LogP contribution in [0.5, 0.6) is 0 Å². The highest BCUT2D eigenvalue weighted by Crippen LogP contribution is 2.39. The predicted molar refractivity (Wildman–Crippen MR) is 101 cm³/mol. The monoisotopic (exact) mass is 372 g/mol. The first-order chi connectivity index (χ1) is 12.2. The van der Waals surface area contributed by atoms with E-state index in [4.69, 9.17) is 0 Å². The van der Waals surface area contributed by atoms with Gasteiger partial charge >= 0.3 is 0 Å². The third-order valence-electron chi connectivity index (χ3n) is 4.35. The van der Waals surface area contributed by atoms with Gasteiger partial charge in [-0.2, -0.15) is 0 Å². The fourth-order valence-corrected chi connectivity index (χ4v) is 5.02. The predicted octanol–water partition coefficient (Wildman–Crippen LogP) is 4.53. The number of carbonyl (C=O) groups is 1. The van der Waals surface area contributed by atoms with Crippen molar-refractivity contribution in [1.82, 2.24) is 4.90 Å². The van der Waals surface area contributed by atoms with Crippen LogP contribution in [0.15, 0.2) is 53.2 Å². The first-order valence-electron chi connectivity index (χ1n) is 8.10. The fourth-order valence-electron chi connectivity index (χ4n) is 3.24. The summed E-state index contributed by atoms with van der Waals surface area (Å²) in [6.07, 6.45) is 0.971. The van der Waals surface area contributed by atoms with E-state index in [0.29, 0.717) is 12.2 Å². The summed E-state index contributed by atoms with van der Waals surface area (Å²) in [5, 5.41) is 7.07. The Morgan fingerprint density at radius 1 is 1.16 bits per heavy atom. The molecule has 0 spiro atoms. The lowest BCUT2D eigenvalue weighted by Crippen LogP contribution is -2.40. The standard InChI is InChI=1S/C19H17FN2OS2/c20-13-3-5-14(6-4-13)21-18(23)12-22-9-7-16-15(8-11-25-16)19(22)17-2-1-10-24-17/h1-6,8,10-11,19H,7,9,12H2,(H,21,23)/t19-/m0/s1. The first-order valence-corrected chi connectivity index (χ1v) is 9.86. The minimum atomic E-state index is -0.309. The molecule has 0 bridgehead atoms. The van der Waals surface area contributed by atoms with Gasteiger partial charge in [0.1, 0.15) is 5.82 Å². The summed E-state index contributed by atoms with van der Waals surface area (Å²) < 4.78 is 13.0. The quantitative estimate of drug-likeness (QED) is 0.729. The van der Waals surface area contributed by atoms with Crippen LogP contribution in [0.4, 0.5) is 10.1 Å². The second kappa shape index (κ2) is 7.07. The summed E-state index contributed by atoms with van der Waals surface area (Å²) in [5.41, 5.74) is 1.93. The maximum absolute atomic E-state index is 13.0. The molecule has 3 heterocycles. The van der Waals surface area contributed by atoms with Crippen molar-refractivity contribution in [3.63, 3.8) is 0 Å².